The molecule has 0 amide bonds. The fraction of sp³-hybridized carbons (Fsp3) is 0. The minimum Gasteiger partial charge on any atom is -0.478 e. The van der Waals surface area contributed by atoms with Gasteiger partial charge in [-0.1, -0.05) is 47.5 Å². The largest absolute Gasteiger partial charge is 0.478 e. The van der Waals surface area contributed by atoms with E-state index in [2.05, 4.69) is 0 Å². The number of aromatic carboxylic acids is 1. The third-order valence-corrected chi connectivity index (χ3v) is 2.84. The van der Waals surface area contributed by atoms with Gasteiger partial charge in [-0.25, -0.2) is 4.79 Å². The van der Waals surface area contributed by atoms with Gasteiger partial charge in [0.25, 0.3) is 0 Å². The molecule has 0 unspecified atom stereocenters. The minimum atomic E-state index is -1.12. The summed E-state index contributed by atoms with van der Waals surface area (Å²) in [7, 11) is 0. The van der Waals surface area contributed by atoms with Crippen molar-refractivity contribution in [3.63, 3.8) is 0 Å². The van der Waals surface area contributed by atoms with Gasteiger partial charge in [0.15, 0.2) is 0 Å². The van der Waals surface area contributed by atoms with Gasteiger partial charge in [-0.15, -0.1) is 0 Å². The van der Waals surface area contributed by atoms with Crippen molar-refractivity contribution < 1.29 is 9.90 Å². The van der Waals surface area contributed by atoms with E-state index in [1.807, 2.05) is 12.1 Å². The molecule has 0 radical (unpaired) electrons. The van der Waals surface area contributed by atoms with Crippen molar-refractivity contribution in [3.05, 3.63) is 45.9 Å². The Morgan fingerprint density at radius 1 is 1.20 bits per heavy atom. The number of halogens is 2. The Bertz CT molecular complexity index is 550. The quantitative estimate of drug-likeness (QED) is 0.823. The lowest BCUT2D eigenvalue weighted by molar-refractivity contribution is 0.0697. The number of carbonyl (C=O) groups is 1. The lowest BCUT2D eigenvalue weighted by Crippen LogP contribution is -1.99. The zero-order valence-corrected chi connectivity index (χ0v) is 9.01. The topological polar surface area (TPSA) is 37.3 Å². The van der Waals surface area contributed by atoms with Crippen molar-refractivity contribution in [2.75, 3.05) is 0 Å². The van der Waals surface area contributed by atoms with Crippen LogP contribution in [0.4, 0.5) is 0 Å². The van der Waals surface area contributed by atoms with Crippen LogP contribution in [-0.4, -0.2) is 11.1 Å². The normalized spacial score (nSPS) is 10.5. The molecule has 0 saturated carbocycles. The second-order valence-corrected chi connectivity index (χ2v) is 3.86. The van der Waals surface area contributed by atoms with Crippen LogP contribution in [0.25, 0.3) is 10.8 Å². The number of rotatable bonds is 1. The van der Waals surface area contributed by atoms with Crippen LogP contribution in [0.1, 0.15) is 10.4 Å². The zero-order chi connectivity index (χ0) is 11.0. The summed E-state index contributed by atoms with van der Waals surface area (Å²) >= 11 is 11.8. The van der Waals surface area contributed by atoms with Crippen molar-refractivity contribution in [2.24, 2.45) is 0 Å². The van der Waals surface area contributed by atoms with Gasteiger partial charge in [0.1, 0.15) is 0 Å². The summed E-state index contributed by atoms with van der Waals surface area (Å²) in [6.07, 6.45) is 0. The summed E-state index contributed by atoms with van der Waals surface area (Å²) in [5, 5.41) is 10.8. The van der Waals surface area contributed by atoms with Crippen LogP contribution < -0.4 is 0 Å². The number of fused-ring (bicyclic) bond motifs is 1. The first kappa shape index (κ1) is 10.3. The molecule has 0 atom stereocenters. The molecule has 0 bridgehead atoms. The Morgan fingerprint density at radius 2 is 1.87 bits per heavy atom. The number of carboxylic acids is 1. The van der Waals surface area contributed by atoms with E-state index >= 15 is 0 Å². The Kier molecular flexibility index (Phi) is 2.55. The van der Waals surface area contributed by atoms with Gasteiger partial charge < -0.3 is 5.11 Å². The number of benzene rings is 2. The average Bonchev–Trinajstić information content (AvgIpc) is 2.17. The summed E-state index contributed by atoms with van der Waals surface area (Å²) in [5.41, 5.74) is -0.0444. The van der Waals surface area contributed by atoms with Gasteiger partial charge in [0, 0.05) is 5.39 Å². The summed E-state index contributed by atoms with van der Waals surface area (Å²) in [6.45, 7) is 0. The summed E-state index contributed by atoms with van der Waals surface area (Å²) in [6, 6.07) is 8.84. The van der Waals surface area contributed by atoms with Gasteiger partial charge in [0.2, 0.25) is 0 Å². The first-order valence-electron chi connectivity index (χ1n) is 4.21. The lowest BCUT2D eigenvalue weighted by atomic mass is 10.1. The van der Waals surface area contributed by atoms with Crippen LogP contribution in [0.15, 0.2) is 30.3 Å². The molecule has 0 heterocycles. The van der Waals surface area contributed by atoms with E-state index in [0.717, 1.165) is 5.39 Å². The molecular weight excluding hydrogens is 235 g/mol. The van der Waals surface area contributed by atoms with E-state index in [0.29, 0.717) is 5.39 Å². The molecule has 2 aromatic carbocycles. The van der Waals surface area contributed by atoms with E-state index in [1.165, 1.54) is 0 Å². The van der Waals surface area contributed by atoms with Gasteiger partial charge in [0.05, 0.1) is 15.6 Å². The Hall–Kier alpha value is -1.25. The molecule has 15 heavy (non-hydrogen) atoms. The molecule has 0 spiro atoms. The van der Waals surface area contributed by atoms with Crippen LogP contribution in [0.2, 0.25) is 10.0 Å². The highest BCUT2D eigenvalue weighted by Gasteiger charge is 2.16. The fourth-order valence-corrected chi connectivity index (χ4v) is 2.16. The molecule has 0 aliphatic heterocycles. The van der Waals surface area contributed by atoms with E-state index < -0.39 is 5.97 Å². The molecule has 0 aromatic heterocycles. The second kappa shape index (κ2) is 3.72. The SMILES string of the molecule is O=C(O)c1c(Cl)cc2ccccc2c1Cl. The van der Waals surface area contributed by atoms with E-state index in [1.54, 1.807) is 18.2 Å². The average molecular weight is 241 g/mol. The highest BCUT2D eigenvalue weighted by atomic mass is 35.5. The molecule has 2 aromatic rings. The van der Waals surface area contributed by atoms with E-state index in [9.17, 15) is 4.79 Å². The molecule has 76 valence electrons. The van der Waals surface area contributed by atoms with Crippen molar-refractivity contribution in [3.8, 4) is 0 Å². The van der Waals surface area contributed by atoms with Crippen molar-refractivity contribution >= 4 is 39.9 Å². The molecule has 1 N–H and O–H groups in total. The maximum atomic E-state index is 10.9. The van der Waals surface area contributed by atoms with Gasteiger partial charge in [-0.2, -0.15) is 0 Å². The minimum absolute atomic E-state index is 0.0444. The summed E-state index contributed by atoms with van der Waals surface area (Å²) in [4.78, 5) is 10.9. The van der Waals surface area contributed by atoms with Crippen LogP contribution in [0.5, 0.6) is 0 Å². The molecule has 2 nitrogen and oxygen atoms in total. The highest BCUT2D eigenvalue weighted by Crippen LogP contribution is 2.32. The molecule has 4 heteroatoms. The highest BCUT2D eigenvalue weighted by molar-refractivity contribution is 6.43. The number of hydrogen-bond donors (Lipinski definition) is 1. The maximum Gasteiger partial charge on any atom is 0.338 e. The maximum absolute atomic E-state index is 10.9. The van der Waals surface area contributed by atoms with E-state index in [4.69, 9.17) is 28.3 Å². The van der Waals surface area contributed by atoms with Crippen LogP contribution in [0, 0.1) is 0 Å². The Labute approximate surface area is 96.0 Å². The predicted octanol–water partition coefficient (Wildman–Crippen LogP) is 3.84. The standard InChI is InChI=1S/C11H6Cl2O2/c12-8-5-6-3-1-2-4-7(6)10(13)9(8)11(14)15/h1-5H,(H,14,15). The summed E-state index contributed by atoms with van der Waals surface area (Å²) < 4.78 is 0. The third-order valence-electron chi connectivity index (χ3n) is 2.15. The molecule has 0 aliphatic carbocycles. The smallest absolute Gasteiger partial charge is 0.338 e. The first-order valence-corrected chi connectivity index (χ1v) is 4.97. The van der Waals surface area contributed by atoms with Crippen LogP contribution >= 0.6 is 23.2 Å². The van der Waals surface area contributed by atoms with Gasteiger partial charge in [-0.05, 0) is 11.5 Å². The van der Waals surface area contributed by atoms with Crippen molar-refractivity contribution in [1.29, 1.82) is 0 Å². The molecule has 2 rings (SSSR count). The lowest BCUT2D eigenvalue weighted by Gasteiger charge is -2.06. The zero-order valence-electron chi connectivity index (χ0n) is 7.50. The molecule has 0 saturated heterocycles. The second-order valence-electron chi connectivity index (χ2n) is 3.07. The Balaban J connectivity index is 2.90. The van der Waals surface area contributed by atoms with Crippen LogP contribution in [0.3, 0.4) is 0 Å². The predicted molar refractivity (Wildman–Crippen MR) is 60.9 cm³/mol. The van der Waals surface area contributed by atoms with E-state index in [-0.39, 0.29) is 15.6 Å². The van der Waals surface area contributed by atoms with Gasteiger partial charge in [-0.3, -0.25) is 0 Å². The van der Waals surface area contributed by atoms with Gasteiger partial charge >= 0.3 is 5.97 Å². The van der Waals surface area contributed by atoms with Crippen LogP contribution in [-0.2, 0) is 0 Å². The third kappa shape index (κ3) is 1.66. The molecule has 0 aliphatic rings. The molecule has 0 fully saturated rings. The molecular formula is C11H6Cl2O2. The number of carboxylic acid groups (broad SMARTS) is 1. The fourth-order valence-electron chi connectivity index (χ4n) is 1.47. The van der Waals surface area contributed by atoms with Crippen molar-refractivity contribution in [1.82, 2.24) is 0 Å². The number of hydrogen-bond acceptors (Lipinski definition) is 1. The summed E-state index contributed by atoms with van der Waals surface area (Å²) in [5.74, 6) is -1.12. The monoisotopic (exact) mass is 240 g/mol. The van der Waals surface area contributed by atoms with Crippen molar-refractivity contribution in [2.45, 2.75) is 0 Å². The Morgan fingerprint density at radius 3 is 2.53 bits per heavy atom. The first-order chi connectivity index (χ1) is 7.11.